The van der Waals surface area contributed by atoms with Gasteiger partial charge >= 0.3 is 6.36 Å². The second kappa shape index (κ2) is 7.85. The molecule has 1 heterocycles. The highest BCUT2D eigenvalue weighted by Crippen LogP contribution is 2.41. The van der Waals surface area contributed by atoms with Gasteiger partial charge in [-0.1, -0.05) is 5.16 Å². The molecule has 0 bridgehead atoms. The van der Waals surface area contributed by atoms with Gasteiger partial charge < -0.3 is 9.26 Å². The minimum absolute atomic E-state index is 0.101. The highest BCUT2D eigenvalue weighted by molar-refractivity contribution is 7.89. The SMILES string of the molecule is NS(=O)(=O)c1cc(F)c(-c2c(-c3ccc(OC(F)(F)F)cc3)noc2C(F)F)cc1F. The van der Waals surface area contributed by atoms with E-state index in [0.717, 1.165) is 24.3 Å². The Balaban J connectivity index is 2.17. The molecule has 0 amide bonds. The summed E-state index contributed by atoms with van der Waals surface area (Å²) in [5, 5.41) is 8.16. The molecule has 6 nitrogen and oxygen atoms in total. The Bertz CT molecular complexity index is 1220. The molecule has 0 spiro atoms. The zero-order chi connectivity index (χ0) is 23.1. The third-order valence-corrected chi connectivity index (χ3v) is 4.80. The minimum Gasteiger partial charge on any atom is -0.406 e. The van der Waals surface area contributed by atoms with E-state index in [4.69, 9.17) is 5.14 Å². The molecule has 0 fully saturated rings. The molecule has 0 aliphatic carbocycles. The van der Waals surface area contributed by atoms with Crippen molar-refractivity contribution in [2.45, 2.75) is 17.7 Å². The fraction of sp³-hybridized carbons (Fsp3) is 0.118. The van der Waals surface area contributed by atoms with Crippen LogP contribution in [-0.4, -0.2) is 19.9 Å². The number of ether oxygens (including phenoxy) is 1. The van der Waals surface area contributed by atoms with Crippen molar-refractivity contribution in [3.8, 4) is 28.1 Å². The third-order valence-electron chi connectivity index (χ3n) is 3.88. The fourth-order valence-electron chi connectivity index (χ4n) is 2.66. The van der Waals surface area contributed by atoms with Crippen molar-refractivity contribution >= 4 is 10.0 Å². The zero-order valence-electron chi connectivity index (χ0n) is 14.8. The topological polar surface area (TPSA) is 95.4 Å². The van der Waals surface area contributed by atoms with Crippen molar-refractivity contribution in [2.75, 3.05) is 0 Å². The highest BCUT2D eigenvalue weighted by atomic mass is 32.2. The number of hydrogen-bond acceptors (Lipinski definition) is 5. The van der Waals surface area contributed by atoms with Crippen molar-refractivity contribution in [1.82, 2.24) is 5.16 Å². The molecule has 2 aromatic carbocycles. The van der Waals surface area contributed by atoms with Gasteiger partial charge in [0.1, 0.15) is 28.0 Å². The molecule has 0 atom stereocenters. The van der Waals surface area contributed by atoms with Crippen molar-refractivity contribution in [3.05, 3.63) is 53.8 Å². The van der Waals surface area contributed by atoms with Crippen LogP contribution in [0.3, 0.4) is 0 Å². The average Bonchev–Trinajstić information content (AvgIpc) is 3.06. The van der Waals surface area contributed by atoms with E-state index in [-0.39, 0.29) is 11.6 Å². The first-order valence-corrected chi connectivity index (χ1v) is 9.48. The van der Waals surface area contributed by atoms with Gasteiger partial charge in [0.05, 0.1) is 5.56 Å². The minimum atomic E-state index is -4.98. The lowest BCUT2D eigenvalue weighted by molar-refractivity contribution is -0.274. The molecule has 0 aliphatic heterocycles. The number of benzene rings is 2. The van der Waals surface area contributed by atoms with Gasteiger partial charge in [0, 0.05) is 11.1 Å². The normalized spacial score (nSPS) is 12.4. The summed E-state index contributed by atoms with van der Waals surface area (Å²) in [6.07, 6.45) is -8.32. The van der Waals surface area contributed by atoms with E-state index >= 15 is 0 Å². The predicted octanol–water partition coefficient (Wildman–Crippen LogP) is 4.77. The first kappa shape index (κ1) is 22.6. The van der Waals surface area contributed by atoms with Crippen LogP contribution in [0.4, 0.5) is 30.7 Å². The number of alkyl halides is 5. The van der Waals surface area contributed by atoms with Gasteiger partial charge in [-0.25, -0.2) is 31.1 Å². The largest absolute Gasteiger partial charge is 0.573 e. The van der Waals surface area contributed by atoms with Crippen molar-refractivity contribution < 1.29 is 48.4 Å². The lowest BCUT2D eigenvalue weighted by Gasteiger charge is -2.10. The van der Waals surface area contributed by atoms with Crippen LogP contribution in [0.5, 0.6) is 5.75 Å². The number of hydrogen-bond donors (Lipinski definition) is 1. The zero-order valence-corrected chi connectivity index (χ0v) is 15.6. The molecule has 2 N–H and O–H groups in total. The summed E-state index contributed by atoms with van der Waals surface area (Å²) in [5.74, 6) is -4.77. The van der Waals surface area contributed by atoms with Crippen molar-refractivity contribution in [2.24, 2.45) is 5.14 Å². The first-order chi connectivity index (χ1) is 14.3. The predicted molar refractivity (Wildman–Crippen MR) is 90.3 cm³/mol. The number of rotatable bonds is 5. The number of primary sulfonamides is 1. The van der Waals surface area contributed by atoms with Gasteiger partial charge in [-0.3, -0.25) is 0 Å². The van der Waals surface area contributed by atoms with E-state index in [1.165, 1.54) is 0 Å². The smallest absolute Gasteiger partial charge is 0.406 e. The molecule has 0 unspecified atom stereocenters. The van der Waals surface area contributed by atoms with Gasteiger partial charge in [0.2, 0.25) is 15.8 Å². The third kappa shape index (κ3) is 4.80. The quantitative estimate of drug-likeness (QED) is 0.542. The summed E-state index contributed by atoms with van der Waals surface area (Å²) >= 11 is 0. The monoisotopic (exact) mass is 470 g/mol. The van der Waals surface area contributed by atoms with Gasteiger partial charge in [-0.2, -0.15) is 0 Å². The second-order valence-electron chi connectivity index (χ2n) is 5.95. The summed E-state index contributed by atoms with van der Waals surface area (Å²) in [6, 6.07) is 4.18. The molecule has 3 rings (SSSR count). The Morgan fingerprint density at radius 3 is 2.16 bits per heavy atom. The Kier molecular flexibility index (Phi) is 5.71. The molecule has 0 saturated carbocycles. The maximum atomic E-state index is 14.6. The van der Waals surface area contributed by atoms with Crippen LogP contribution in [0, 0.1) is 11.6 Å². The van der Waals surface area contributed by atoms with Gasteiger partial charge in [-0.15, -0.1) is 13.2 Å². The van der Waals surface area contributed by atoms with Crippen LogP contribution in [0.25, 0.3) is 22.4 Å². The van der Waals surface area contributed by atoms with Crippen LogP contribution >= 0.6 is 0 Å². The summed E-state index contributed by atoms with van der Waals surface area (Å²) in [7, 11) is -4.66. The van der Waals surface area contributed by atoms with Crippen LogP contribution in [0.1, 0.15) is 12.2 Å². The summed E-state index contributed by atoms with van der Waals surface area (Å²) in [5.41, 5.74) is -2.12. The Morgan fingerprint density at radius 2 is 1.65 bits per heavy atom. The molecule has 166 valence electrons. The number of halogens is 7. The van der Waals surface area contributed by atoms with Gasteiger partial charge in [-0.05, 0) is 36.4 Å². The van der Waals surface area contributed by atoms with E-state index in [9.17, 15) is 39.2 Å². The number of nitrogens with zero attached hydrogens (tertiary/aromatic N) is 1. The van der Waals surface area contributed by atoms with Crippen molar-refractivity contribution in [3.63, 3.8) is 0 Å². The number of sulfonamides is 1. The highest BCUT2D eigenvalue weighted by Gasteiger charge is 2.32. The van der Waals surface area contributed by atoms with Crippen LogP contribution in [0.2, 0.25) is 0 Å². The number of aromatic nitrogens is 1. The van der Waals surface area contributed by atoms with E-state index in [0.29, 0.717) is 6.07 Å². The van der Waals surface area contributed by atoms with Crippen LogP contribution in [-0.2, 0) is 10.0 Å². The molecular weight excluding hydrogens is 461 g/mol. The van der Waals surface area contributed by atoms with E-state index in [1.807, 2.05) is 0 Å². The fourth-order valence-corrected chi connectivity index (χ4v) is 3.26. The van der Waals surface area contributed by atoms with E-state index in [1.54, 1.807) is 0 Å². The Labute approximate surface area is 169 Å². The molecule has 31 heavy (non-hydrogen) atoms. The van der Waals surface area contributed by atoms with Gasteiger partial charge in [0.15, 0.2) is 0 Å². The number of nitrogens with two attached hydrogens (primary N) is 1. The Hall–Kier alpha value is -3.13. The van der Waals surface area contributed by atoms with E-state index < -0.39 is 67.7 Å². The van der Waals surface area contributed by atoms with Crippen LogP contribution in [0.15, 0.2) is 45.8 Å². The maximum Gasteiger partial charge on any atom is 0.573 e. The average molecular weight is 470 g/mol. The summed E-state index contributed by atoms with van der Waals surface area (Å²) in [6.45, 7) is 0. The summed E-state index contributed by atoms with van der Waals surface area (Å²) in [4.78, 5) is -1.21. The molecular formula is C17H9F7N2O4S. The Morgan fingerprint density at radius 1 is 1.03 bits per heavy atom. The molecule has 1 aromatic heterocycles. The molecule has 0 aliphatic rings. The first-order valence-electron chi connectivity index (χ1n) is 7.94. The van der Waals surface area contributed by atoms with Gasteiger partial charge in [0.25, 0.3) is 6.43 Å². The molecule has 0 radical (unpaired) electrons. The standard InChI is InChI=1S/C17H9F7N2O4S/c18-10-6-12(31(25,27)28)11(19)5-9(10)13-14(26-30-15(13)16(20)21)7-1-3-8(4-2-7)29-17(22,23)24/h1-6,16H,(H2,25,27,28). The second-order valence-corrected chi connectivity index (χ2v) is 7.48. The molecule has 3 aromatic rings. The van der Waals surface area contributed by atoms with Crippen LogP contribution < -0.4 is 9.88 Å². The molecule has 14 heteroatoms. The molecule has 0 saturated heterocycles. The maximum absolute atomic E-state index is 14.6. The van der Waals surface area contributed by atoms with Crippen molar-refractivity contribution in [1.29, 1.82) is 0 Å². The lowest BCUT2D eigenvalue weighted by atomic mass is 9.98. The lowest BCUT2D eigenvalue weighted by Crippen LogP contribution is -2.16. The van der Waals surface area contributed by atoms with E-state index in [2.05, 4.69) is 14.4 Å². The summed E-state index contributed by atoms with van der Waals surface area (Å²) < 4.78 is 123.